The minimum atomic E-state index is -0.874. The zero-order valence-corrected chi connectivity index (χ0v) is 12.3. The van der Waals surface area contributed by atoms with Crippen LogP contribution in [0.5, 0.6) is 0 Å². The number of rotatable bonds is 5. The quantitative estimate of drug-likeness (QED) is 0.896. The van der Waals surface area contributed by atoms with Crippen LogP contribution in [0.4, 0.5) is 0 Å². The summed E-state index contributed by atoms with van der Waals surface area (Å²) in [6.07, 6.45) is 1.70. The molecule has 0 aromatic heterocycles. The first kappa shape index (κ1) is 14.6. The molecular weight excluding hydrogens is 254 g/mol. The number of amides is 1. The molecule has 0 radical (unpaired) electrons. The number of carboxylic acid groups (broad SMARTS) is 1. The van der Waals surface area contributed by atoms with Crippen molar-refractivity contribution in [3.05, 3.63) is 34.9 Å². The minimum Gasteiger partial charge on any atom is -0.481 e. The maximum Gasteiger partial charge on any atom is 0.305 e. The molecule has 1 aromatic carbocycles. The third-order valence-corrected chi connectivity index (χ3v) is 3.94. The van der Waals surface area contributed by atoms with Crippen LogP contribution in [0.25, 0.3) is 0 Å². The maximum absolute atomic E-state index is 12.6. The molecule has 4 nitrogen and oxygen atoms in total. The highest BCUT2D eigenvalue weighted by Gasteiger charge is 2.52. The Morgan fingerprint density at radius 1 is 1.20 bits per heavy atom. The van der Waals surface area contributed by atoms with Gasteiger partial charge >= 0.3 is 5.97 Å². The SMILES string of the molecule is Cc1cc(C)cc(C2(C(=O)N(C)CCC(=O)O)CC2)c1. The lowest BCUT2D eigenvalue weighted by atomic mass is 9.91. The predicted molar refractivity (Wildman–Crippen MR) is 76.7 cm³/mol. The minimum absolute atomic E-state index is 0.00876. The summed E-state index contributed by atoms with van der Waals surface area (Å²) >= 11 is 0. The molecule has 4 heteroatoms. The van der Waals surface area contributed by atoms with Crippen LogP contribution in [0, 0.1) is 13.8 Å². The van der Waals surface area contributed by atoms with Gasteiger partial charge in [0.2, 0.25) is 5.91 Å². The highest BCUT2D eigenvalue weighted by molar-refractivity contribution is 5.91. The number of nitrogens with zero attached hydrogens (tertiary/aromatic N) is 1. The Balaban J connectivity index is 2.18. The summed E-state index contributed by atoms with van der Waals surface area (Å²) in [4.78, 5) is 24.8. The Morgan fingerprint density at radius 2 is 1.75 bits per heavy atom. The summed E-state index contributed by atoms with van der Waals surface area (Å²) in [6, 6.07) is 6.24. The number of aliphatic carboxylic acids is 1. The van der Waals surface area contributed by atoms with Crippen LogP contribution in [0.2, 0.25) is 0 Å². The molecule has 20 heavy (non-hydrogen) atoms. The number of carboxylic acids is 1. The third kappa shape index (κ3) is 2.84. The van der Waals surface area contributed by atoms with E-state index in [-0.39, 0.29) is 18.9 Å². The fraction of sp³-hybridized carbons (Fsp3) is 0.500. The van der Waals surface area contributed by atoms with E-state index in [0.717, 1.165) is 29.5 Å². The summed E-state index contributed by atoms with van der Waals surface area (Å²) < 4.78 is 0. The second kappa shape index (κ2) is 5.27. The van der Waals surface area contributed by atoms with Crippen LogP contribution in [0.1, 0.15) is 36.0 Å². The van der Waals surface area contributed by atoms with Crippen molar-refractivity contribution in [2.75, 3.05) is 13.6 Å². The van der Waals surface area contributed by atoms with Crippen LogP contribution in [-0.2, 0) is 15.0 Å². The maximum atomic E-state index is 12.6. The van der Waals surface area contributed by atoms with Gasteiger partial charge in [0.15, 0.2) is 0 Å². The largest absolute Gasteiger partial charge is 0.481 e. The molecule has 1 aromatic rings. The van der Waals surface area contributed by atoms with Crippen molar-refractivity contribution >= 4 is 11.9 Å². The third-order valence-electron chi connectivity index (χ3n) is 3.94. The topological polar surface area (TPSA) is 57.6 Å². The predicted octanol–water partition coefficient (Wildman–Crippen LogP) is 2.27. The van der Waals surface area contributed by atoms with Crippen molar-refractivity contribution in [3.63, 3.8) is 0 Å². The molecule has 0 atom stereocenters. The molecule has 1 amide bonds. The molecule has 0 bridgehead atoms. The number of hydrogen-bond acceptors (Lipinski definition) is 2. The molecule has 0 heterocycles. The highest BCUT2D eigenvalue weighted by atomic mass is 16.4. The lowest BCUT2D eigenvalue weighted by molar-refractivity contribution is -0.138. The zero-order chi connectivity index (χ0) is 14.9. The van der Waals surface area contributed by atoms with Crippen molar-refractivity contribution in [2.24, 2.45) is 0 Å². The van der Waals surface area contributed by atoms with Gasteiger partial charge in [-0.2, -0.15) is 0 Å². The smallest absolute Gasteiger partial charge is 0.305 e. The first-order valence-electron chi connectivity index (χ1n) is 6.91. The Bertz CT molecular complexity index is 526. The van der Waals surface area contributed by atoms with E-state index in [4.69, 9.17) is 5.11 Å². The van der Waals surface area contributed by atoms with Crippen LogP contribution < -0.4 is 0 Å². The Kier molecular flexibility index (Phi) is 3.84. The van der Waals surface area contributed by atoms with Gasteiger partial charge in [-0.05, 0) is 32.3 Å². The molecule has 0 aliphatic heterocycles. The Morgan fingerprint density at radius 3 is 2.20 bits per heavy atom. The molecular formula is C16H21NO3. The van der Waals surface area contributed by atoms with Gasteiger partial charge in [-0.1, -0.05) is 29.3 Å². The molecule has 0 unspecified atom stereocenters. The first-order chi connectivity index (χ1) is 9.35. The fourth-order valence-electron chi connectivity index (χ4n) is 2.73. The second-order valence-electron chi connectivity index (χ2n) is 5.83. The van der Waals surface area contributed by atoms with E-state index >= 15 is 0 Å². The summed E-state index contributed by atoms with van der Waals surface area (Å²) in [5.41, 5.74) is 2.98. The van der Waals surface area contributed by atoms with Gasteiger partial charge in [0.05, 0.1) is 11.8 Å². The van der Waals surface area contributed by atoms with Crippen molar-refractivity contribution in [2.45, 2.75) is 38.5 Å². The van der Waals surface area contributed by atoms with Gasteiger partial charge in [0.25, 0.3) is 0 Å². The van der Waals surface area contributed by atoms with Gasteiger partial charge in [-0.25, -0.2) is 0 Å². The molecule has 2 rings (SSSR count). The van der Waals surface area contributed by atoms with Gasteiger partial charge in [0.1, 0.15) is 0 Å². The van der Waals surface area contributed by atoms with Crippen LogP contribution in [0.15, 0.2) is 18.2 Å². The van der Waals surface area contributed by atoms with Crippen LogP contribution in [0.3, 0.4) is 0 Å². The number of carbonyl (C=O) groups excluding carboxylic acids is 1. The van der Waals surface area contributed by atoms with Crippen molar-refractivity contribution in [1.82, 2.24) is 4.90 Å². The van der Waals surface area contributed by atoms with E-state index in [9.17, 15) is 9.59 Å². The van der Waals surface area contributed by atoms with Crippen molar-refractivity contribution in [1.29, 1.82) is 0 Å². The van der Waals surface area contributed by atoms with Gasteiger partial charge < -0.3 is 10.0 Å². The standard InChI is InChI=1S/C16H21NO3/c1-11-8-12(2)10-13(9-11)16(5-6-16)15(20)17(3)7-4-14(18)19/h8-10H,4-7H2,1-3H3,(H,18,19). The monoisotopic (exact) mass is 275 g/mol. The molecule has 0 saturated heterocycles. The zero-order valence-electron chi connectivity index (χ0n) is 12.3. The van der Waals surface area contributed by atoms with E-state index in [1.165, 1.54) is 0 Å². The molecule has 0 spiro atoms. The number of aryl methyl sites for hydroxylation is 2. The van der Waals surface area contributed by atoms with E-state index in [1.54, 1.807) is 11.9 Å². The number of benzene rings is 1. The molecule has 1 fully saturated rings. The summed E-state index contributed by atoms with van der Waals surface area (Å²) in [5.74, 6) is -0.829. The van der Waals surface area contributed by atoms with Gasteiger partial charge in [-0.15, -0.1) is 0 Å². The fourth-order valence-corrected chi connectivity index (χ4v) is 2.73. The lowest BCUT2D eigenvalue weighted by Gasteiger charge is -2.24. The van der Waals surface area contributed by atoms with E-state index in [0.29, 0.717) is 0 Å². The Hall–Kier alpha value is -1.84. The average molecular weight is 275 g/mol. The average Bonchev–Trinajstić information content (AvgIpc) is 3.15. The lowest BCUT2D eigenvalue weighted by Crippen LogP contribution is -2.37. The number of hydrogen-bond donors (Lipinski definition) is 1. The van der Waals surface area contributed by atoms with E-state index in [1.807, 2.05) is 13.8 Å². The molecule has 1 saturated carbocycles. The van der Waals surface area contributed by atoms with Gasteiger partial charge in [0, 0.05) is 13.6 Å². The normalized spacial score (nSPS) is 15.8. The summed E-state index contributed by atoms with van der Waals surface area (Å²) in [7, 11) is 1.69. The molecule has 108 valence electrons. The van der Waals surface area contributed by atoms with Crippen molar-refractivity contribution < 1.29 is 14.7 Å². The number of carbonyl (C=O) groups is 2. The molecule has 1 aliphatic rings. The molecule has 1 aliphatic carbocycles. The number of likely N-dealkylation sites (N-methyl/N-ethyl adjacent to an activating group) is 1. The van der Waals surface area contributed by atoms with E-state index < -0.39 is 11.4 Å². The second-order valence-corrected chi connectivity index (χ2v) is 5.83. The van der Waals surface area contributed by atoms with Crippen LogP contribution >= 0.6 is 0 Å². The Labute approximate surface area is 119 Å². The van der Waals surface area contributed by atoms with Crippen LogP contribution in [-0.4, -0.2) is 35.5 Å². The first-order valence-corrected chi connectivity index (χ1v) is 6.91. The van der Waals surface area contributed by atoms with E-state index in [2.05, 4.69) is 18.2 Å². The summed E-state index contributed by atoms with van der Waals surface area (Å²) in [5, 5.41) is 8.71. The van der Waals surface area contributed by atoms with Crippen molar-refractivity contribution in [3.8, 4) is 0 Å². The molecule has 1 N–H and O–H groups in total. The highest BCUT2D eigenvalue weighted by Crippen LogP contribution is 2.49. The van der Waals surface area contributed by atoms with Gasteiger partial charge in [-0.3, -0.25) is 9.59 Å². The summed E-state index contributed by atoms with van der Waals surface area (Å²) in [6.45, 7) is 4.33.